The fraction of sp³-hybridized carbons (Fsp3) is 0.778. The standard InChI is InChI=1S/C18H35N5O5/c1-5-14(25)12(7-6-10-21-17(19)28)22-15(26)9-8-13(20-4)16(27)23-18(2,3)11-24/h12-13,20,24H,5-11H2,1-4H3,(H,22,26)(H,23,27)(H3,19,21,28). The quantitative estimate of drug-likeness (QED) is 0.208. The number of rotatable bonds is 14. The van der Waals surface area contributed by atoms with E-state index in [4.69, 9.17) is 5.73 Å². The molecule has 10 heteroatoms. The van der Waals surface area contributed by atoms with Gasteiger partial charge >= 0.3 is 6.03 Å². The van der Waals surface area contributed by atoms with Gasteiger partial charge < -0.3 is 32.1 Å². The SMILES string of the molecule is CCC(=O)C(CCCNC(N)=O)NC(=O)CCC(NC)C(=O)NC(C)(C)CO. The highest BCUT2D eigenvalue weighted by atomic mass is 16.3. The van der Waals surface area contributed by atoms with Crippen LogP contribution in [0.2, 0.25) is 0 Å². The van der Waals surface area contributed by atoms with Gasteiger partial charge in [0, 0.05) is 19.4 Å². The topological polar surface area (TPSA) is 163 Å². The summed E-state index contributed by atoms with van der Waals surface area (Å²) in [6, 6.07) is -1.87. The molecule has 0 aliphatic rings. The molecule has 0 aromatic heterocycles. The average molecular weight is 402 g/mol. The number of hydrogen-bond donors (Lipinski definition) is 6. The molecular weight excluding hydrogens is 366 g/mol. The zero-order valence-electron chi connectivity index (χ0n) is 17.3. The molecule has 10 nitrogen and oxygen atoms in total. The van der Waals surface area contributed by atoms with Crippen LogP contribution >= 0.6 is 0 Å². The van der Waals surface area contributed by atoms with Gasteiger partial charge in [-0.1, -0.05) is 6.92 Å². The number of amides is 4. The lowest BCUT2D eigenvalue weighted by Crippen LogP contribution is -2.53. The molecule has 0 radical (unpaired) electrons. The molecule has 0 spiro atoms. The van der Waals surface area contributed by atoms with Crippen LogP contribution in [0, 0.1) is 0 Å². The maximum atomic E-state index is 12.3. The summed E-state index contributed by atoms with van der Waals surface area (Å²) in [5, 5.41) is 19.9. The lowest BCUT2D eigenvalue weighted by molar-refractivity contribution is -0.128. The van der Waals surface area contributed by atoms with Crippen LogP contribution in [0.5, 0.6) is 0 Å². The van der Waals surface area contributed by atoms with Gasteiger partial charge in [0.1, 0.15) is 0 Å². The molecule has 0 saturated heterocycles. The molecule has 0 aliphatic carbocycles. The van der Waals surface area contributed by atoms with Gasteiger partial charge in [0.15, 0.2) is 5.78 Å². The first-order valence-electron chi connectivity index (χ1n) is 9.51. The molecule has 2 atom stereocenters. The third-order valence-electron chi connectivity index (χ3n) is 4.22. The number of primary amides is 1. The molecule has 0 aliphatic heterocycles. The predicted octanol–water partition coefficient (Wildman–Crippen LogP) is -0.846. The van der Waals surface area contributed by atoms with E-state index in [1.54, 1.807) is 27.8 Å². The number of nitrogens with two attached hydrogens (primary N) is 1. The van der Waals surface area contributed by atoms with Crippen LogP contribution in [0.4, 0.5) is 4.79 Å². The Morgan fingerprint density at radius 2 is 1.75 bits per heavy atom. The molecule has 7 N–H and O–H groups in total. The molecule has 0 heterocycles. The molecular formula is C18H35N5O5. The molecule has 28 heavy (non-hydrogen) atoms. The zero-order valence-corrected chi connectivity index (χ0v) is 17.3. The van der Waals surface area contributed by atoms with Crippen LogP contribution in [-0.4, -0.2) is 66.6 Å². The Morgan fingerprint density at radius 1 is 1.11 bits per heavy atom. The van der Waals surface area contributed by atoms with Crippen molar-refractivity contribution in [3.8, 4) is 0 Å². The van der Waals surface area contributed by atoms with Crippen LogP contribution < -0.4 is 27.0 Å². The average Bonchev–Trinajstić information content (AvgIpc) is 2.63. The van der Waals surface area contributed by atoms with Crippen molar-refractivity contribution < 1.29 is 24.3 Å². The van der Waals surface area contributed by atoms with E-state index in [2.05, 4.69) is 21.3 Å². The second kappa shape index (κ2) is 13.1. The van der Waals surface area contributed by atoms with Crippen LogP contribution in [-0.2, 0) is 14.4 Å². The van der Waals surface area contributed by atoms with Crippen LogP contribution in [0.15, 0.2) is 0 Å². The van der Waals surface area contributed by atoms with Gasteiger partial charge in [0.25, 0.3) is 0 Å². The fourth-order valence-corrected chi connectivity index (χ4v) is 2.49. The predicted molar refractivity (Wildman–Crippen MR) is 105 cm³/mol. The van der Waals surface area contributed by atoms with Gasteiger partial charge in [-0.15, -0.1) is 0 Å². The molecule has 4 amide bonds. The summed E-state index contributed by atoms with van der Waals surface area (Å²) in [7, 11) is 1.61. The highest BCUT2D eigenvalue weighted by Crippen LogP contribution is 2.06. The first kappa shape index (κ1) is 25.8. The van der Waals surface area contributed by atoms with Crippen molar-refractivity contribution in [3.05, 3.63) is 0 Å². The van der Waals surface area contributed by atoms with Crippen molar-refractivity contribution in [2.24, 2.45) is 5.73 Å². The van der Waals surface area contributed by atoms with E-state index < -0.39 is 23.7 Å². The molecule has 0 aromatic carbocycles. The lowest BCUT2D eigenvalue weighted by atomic mass is 10.0. The number of aliphatic hydroxyl groups is 1. The molecule has 0 aromatic rings. The summed E-state index contributed by atoms with van der Waals surface area (Å²) in [5.41, 5.74) is 4.23. The normalized spacial score (nSPS) is 13.3. The third kappa shape index (κ3) is 10.8. The number of Topliss-reactive ketones (excluding diaryl/α,β-unsaturated/α-hetero) is 1. The molecule has 0 bridgehead atoms. The summed E-state index contributed by atoms with van der Waals surface area (Å²) in [4.78, 5) is 47.2. The largest absolute Gasteiger partial charge is 0.394 e. The van der Waals surface area contributed by atoms with E-state index >= 15 is 0 Å². The smallest absolute Gasteiger partial charge is 0.312 e. The summed E-state index contributed by atoms with van der Waals surface area (Å²) >= 11 is 0. The minimum absolute atomic E-state index is 0.0610. The fourth-order valence-electron chi connectivity index (χ4n) is 2.49. The van der Waals surface area contributed by atoms with E-state index in [1.165, 1.54) is 0 Å². The minimum Gasteiger partial charge on any atom is -0.394 e. The number of aliphatic hydroxyl groups excluding tert-OH is 1. The molecule has 162 valence electrons. The summed E-state index contributed by atoms with van der Waals surface area (Å²) in [6.45, 7) is 5.21. The van der Waals surface area contributed by atoms with Gasteiger partial charge in [0.2, 0.25) is 11.8 Å². The Labute approximate surface area is 166 Å². The third-order valence-corrected chi connectivity index (χ3v) is 4.22. The molecule has 0 rings (SSSR count). The van der Waals surface area contributed by atoms with Gasteiger partial charge in [-0.2, -0.15) is 0 Å². The minimum atomic E-state index is -0.758. The Morgan fingerprint density at radius 3 is 2.25 bits per heavy atom. The maximum absolute atomic E-state index is 12.3. The summed E-state index contributed by atoms with van der Waals surface area (Å²) < 4.78 is 0. The molecule has 0 saturated carbocycles. The van der Waals surface area contributed by atoms with E-state index in [0.29, 0.717) is 19.4 Å². The van der Waals surface area contributed by atoms with Gasteiger partial charge in [-0.25, -0.2) is 4.79 Å². The molecule has 2 unspecified atom stereocenters. The van der Waals surface area contributed by atoms with Crippen molar-refractivity contribution in [2.75, 3.05) is 20.2 Å². The lowest BCUT2D eigenvalue weighted by Gasteiger charge is -2.26. The zero-order chi connectivity index (χ0) is 21.7. The number of carbonyl (C=O) groups is 4. The Hall–Kier alpha value is -2.20. The van der Waals surface area contributed by atoms with E-state index in [9.17, 15) is 24.3 Å². The van der Waals surface area contributed by atoms with E-state index in [1.807, 2.05) is 0 Å². The summed E-state index contributed by atoms with van der Waals surface area (Å²) in [5.74, 6) is -0.739. The number of ketones is 1. The van der Waals surface area contributed by atoms with Crippen molar-refractivity contribution in [1.82, 2.24) is 21.3 Å². The first-order valence-corrected chi connectivity index (χ1v) is 9.51. The van der Waals surface area contributed by atoms with Crippen molar-refractivity contribution in [2.45, 2.75) is 70.5 Å². The number of carbonyl (C=O) groups excluding carboxylic acids is 4. The number of likely N-dealkylation sites (N-methyl/N-ethyl adjacent to an activating group) is 1. The summed E-state index contributed by atoms with van der Waals surface area (Å²) in [6.07, 6.45) is 1.47. The van der Waals surface area contributed by atoms with Crippen molar-refractivity contribution in [1.29, 1.82) is 0 Å². The molecule has 0 fully saturated rings. The first-order chi connectivity index (χ1) is 13.1. The highest BCUT2D eigenvalue weighted by Gasteiger charge is 2.25. The number of nitrogens with one attached hydrogen (secondary N) is 4. The van der Waals surface area contributed by atoms with Crippen LogP contribution in [0.25, 0.3) is 0 Å². The van der Waals surface area contributed by atoms with Gasteiger partial charge in [-0.3, -0.25) is 14.4 Å². The van der Waals surface area contributed by atoms with Gasteiger partial charge in [0.05, 0.1) is 24.2 Å². The van der Waals surface area contributed by atoms with Crippen LogP contribution in [0.3, 0.4) is 0 Å². The van der Waals surface area contributed by atoms with Crippen molar-refractivity contribution in [3.63, 3.8) is 0 Å². The Bertz CT molecular complexity index is 538. The monoisotopic (exact) mass is 401 g/mol. The second-order valence-electron chi connectivity index (χ2n) is 7.28. The van der Waals surface area contributed by atoms with Gasteiger partial charge in [-0.05, 0) is 40.2 Å². The van der Waals surface area contributed by atoms with E-state index in [-0.39, 0.29) is 43.5 Å². The Balaban J connectivity index is 4.59. The maximum Gasteiger partial charge on any atom is 0.312 e. The van der Waals surface area contributed by atoms with E-state index in [0.717, 1.165) is 0 Å². The number of hydrogen-bond acceptors (Lipinski definition) is 6. The Kier molecular flexibility index (Phi) is 12.0. The van der Waals surface area contributed by atoms with Crippen molar-refractivity contribution >= 4 is 23.6 Å². The number of urea groups is 1. The highest BCUT2D eigenvalue weighted by molar-refractivity contribution is 5.89. The second-order valence-corrected chi connectivity index (χ2v) is 7.28. The van der Waals surface area contributed by atoms with Crippen LogP contribution in [0.1, 0.15) is 52.9 Å².